The van der Waals surface area contributed by atoms with E-state index in [4.69, 9.17) is 4.74 Å². The van der Waals surface area contributed by atoms with Crippen LogP contribution in [0.3, 0.4) is 0 Å². The molecule has 1 amide bonds. The zero-order chi connectivity index (χ0) is 13.2. The van der Waals surface area contributed by atoms with E-state index in [1.54, 1.807) is 7.11 Å². The number of methoxy groups -OCH3 is 1. The molecule has 0 radical (unpaired) electrons. The summed E-state index contributed by atoms with van der Waals surface area (Å²) in [4.78, 5) is 14.4. The van der Waals surface area contributed by atoms with Gasteiger partial charge in [-0.2, -0.15) is 0 Å². The molecular formula is C15H20N2O2. The van der Waals surface area contributed by atoms with Crippen molar-refractivity contribution >= 4 is 5.91 Å². The first-order chi connectivity index (χ1) is 9.29. The number of carbonyl (C=O) groups is 1. The van der Waals surface area contributed by atoms with Crippen LogP contribution in [0.15, 0.2) is 24.3 Å². The Morgan fingerprint density at radius 3 is 2.89 bits per heavy atom. The maximum atomic E-state index is 12.4. The van der Waals surface area contributed by atoms with Crippen molar-refractivity contribution in [1.29, 1.82) is 0 Å². The minimum absolute atomic E-state index is 0.185. The molecule has 3 rings (SSSR count). The molecular weight excluding hydrogens is 240 g/mol. The first-order valence-electron chi connectivity index (χ1n) is 6.93. The van der Waals surface area contributed by atoms with E-state index < -0.39 is 0 Å². The molecule has 1 aliphatic carbocycles. The van der Waals surface area contributed by atoms with Gasteiger partial charge in [-0.1, -0.05) is 12.1 Å². The lowest BCUT2D eigenvalue weighted by molar-refractivity contribution is -0.133. The average molecular weight is 260 g/mol. The average Bonchev–Trinajstić information content (AvgIpc) is 3.28. The molecule has 102 valence electrons. The lowest BCUT2D eigenvalue weighted by Gasteiger charge is -2.27. The molecule has 1 aliphatic heterocycles. The molecule has 2 fully saturated rings. The van der Waals surface area contributed by atoms with Gasteiger partial charge in [0.1, 0.15) is 5.75 Å². The number of benzene rings is 1. The molecule has 0 unspecified atom stereocenters. The highest BCUT2D eigenvalue weighted by molar-refractivity contribution is 5.83. The van der Waals surface area contributed by atoms with Gasteiger partial charge in [0.2, 0.25) is 5.91 Å². The Morgan fingerprint density at radius 2 is 2.16 bits per heavy atom. The van der Waals surface area contributed by atoms with Crippen LogP contribution >= 0.6 is 0 Å². The molecule has 2 atom stereocenters. The summed E-state index contributed by atoms with van der Waals surface area (Å²) >= 11 is 0. The third kappa shape index (κ3) is 2.59. The number of hydrogen-bond acceptors (Lipinski definition) is 3. The van der Waals surface area contributed by atoms with Crippen LogP contribution in [-0.4, -0.2) is 44.1 Å². The molecule has 1 saturated carbocycles. The number of nitrogens with one attached hydrogen (secondary N) is 1. The third-order valence-electron chi connectivity index (χ3n) is 4.06. The molecule has 4 heteroatoms. The summed E-state index contributed by atoms with van der Waals surface area (Å²) in [6.07, 6.45) is 0.982. The van der Waals surface area contributed by atoms with Crippen LogP contribution in [0, 0.1) is 5.92 Å². The number of rotatable bonds is 3. The van der Waals surface area contributed by atoms with Gasteiger partial charge in [0.25, 0.3) is 0 Å². The van der Waals surface area contributed by atoms with Gasteiger partial charge in [-0.05, 0) is 30.0 Å². The van der Waals surface area contributed by atoms with E-state index in [-0.39, 0.29) is 5.92 Å². The summed E-state index contributed by atoms with van der Waals surface area (Å²) in [5, 5.41) is 3.28. The van der Waals surface area contributed by atoms with Crippen LogP contribution in [0.5, 0.6) is 5.75 Å². The van der Waals surface area contributed by atoms with Crippen LogP contribution in [0.2, 0.25) is 0 Å². The van der Waals surface area contributed by atoms with Crippen LogP contribution in [0.4, 0.5) is 0 Å². The summed E-state index contributed by atoms with van der Waals surface area (Å²) in [7, 11) is 1.68. The van der Waals surface area contributed by atoms with Crippen molar-refractivity contribution in [1.82, 2.24) is 10.2 Å². The van der Waals surface area contributed by atoms with Gasteiger partial charge in [-0.15, -0.1) is 0 Å². The van der Waals surface area contributed by atoms with Crippen molar-refractivity contribution in [3.05, 3.63) is 29.8 Å². The Bertz CT molecular complexity index is 469. The zero-order valence-electron chi connectivity index (χ0n) is 11.3. The molecule has 1 heterocycles. The number of piperazine rings is 1. The molecule has 0 spiro atoms. The largest absolute Gasteiger partial charge is 0.497 e. The lowest BCUT2D eigenvalue weighted by Crippen LogP contribution is -2.47. The Labute approximate surface area is 113 Å². The molecule has 1 N–H and O–H groups in total. The second-order valence-corrected chi connectivity index (χ2v) is 5.30. The van der Waals surface area contributed by atoms with Crippen molar-refractivity contribution in [2.75, 3.05) is 33.3 Å². The van der Waals surface area contributed by atoms with Crippen LogP contribution in [0.1, 0.15) is 17.9 Å². The van der Waals surface area contributed by atoms with Crippen LogP contribution < -0.4 is 10.1 Å². The molecule has 1 aromatic rings. The predicted molar refractivity (Wildman–Crippen MR) is 73.3 cm³/mol. The Morgan fingerprint density at radius 1 is 1.37 bits per heavy atom. The molecule has 2 aliphatic rings. The van der Waals surface area contributed by atoms with E-state index in [1.807, 2.05) is 17.0 Å². The predicted octanol–water partition coefficient (Wildman–Crippen LogP) is 1.23. The standard InChI is InChI=1S/C15H20N2O2/c1-19-12-4-2-3-11(9-12)13-10-14(13)15(18)17-7-5-16-6-8-17/h2-4,9,13-14,16H,5-8,10H2,1H3/t13-,14+/m1/s1. The first kappa shape index (κ1) is 12.5. The van der Waals surface area contributed by atoms with Crippen molar-refractivity contribution < 1.29 is 9.53 Å². The quantitative estimate of drug-likeness (QED) is 0.889. The fraction of sp³-hybridized carbons (Fsp3) is 0.533. The van der Waals surface area contributed by atoms with Gasteiger partial charge in [-0.3, -0.25) is 4.79 Å². The number of nitrogens with zero attached hydrogens (tertiary/aromatic N) is 1. The highest BCUT2D eigenvalue weighted by atomic mass is 16.5. The SMILES string of the molecule is COc1cccc([C@H]2C[C@@H]2C(=O)N2CCNCC2)c1. The Kier molecular flexibility index (Phi) is 3.42. The summed E-state index contributed by atoms with van der Waals surface area (Å²) < 4.78 is 5.24. The normalized spacial score (nSPS) is 26.1. The van der Waals surface area contributed by atoms with Gasteiger partial charge < -0.3 is 15.0 Å². The van der Waals surface area contributed by atoms with E-state index in [1.165, 1.54) is 5.56 Å². The first-order valence-corrected chi connectivity index (χ1v) is 6.93. The second-order valence-electron chi connectivity index (χ2n) is 5.30. The maximum absolute atomic E-state index is 12.4. The van der Waals surface area contributed by atoms with Crippen LogP contribution in [0.25, 0.3) is 0 Å². The summed E-state index contributed by atoms with van der Waals surface area (Å²) in [5.41, 5.74) is 1.23. The topological polar surface area (TPSA) is 41.6 Å². The van der Waals surface area contributed by atoms with Gasteiger partial charge in [0.05, 0.1) is 7.11 Å². The second kappa shape index (κ2) is 5.21. The minimum Gasteiger partial charge on any atom is -0.497 e. The monoisotopic (exact) mass is 260 g/mol. The number of hydrogen-bond donors (Lipinski definition) is 1. The highest BCUT2D eigenvalue weighted by Crippen LogP contribution is 2.49. The van der Waals surface area contributed by atoms with Gasteiger partial charge >= 0.3 is 0 Å². The molecule has 1 aromatic carbocycles. The number of amides is 1. The van der Waals surface area contributed by atoms with Gasteiger partial charge in [-0.25, -0.2) is 0 Å². The maximum Gasteiger partial charge on any atom is 0.226 e. The van der Waals surface area contributed by atoms with Crippen molar-refractivity contribution in [3.63, 3.8) is 0 Å². The molecule has 4 nitrogen and oxygen atoms in total. The van der Waals surface area contributed by atoms with Crippen molar-refractivity contribution in [2.45, 2.75) is 12.3 Å². The van der Waals surface area contributed by atoms with Crippen molar-refractivity contribution in [2.24, 2.45) is 5.92 Å². The summed E-state index contributed by atoms with van der Waals surface area (Å²) in [6.45, 7) is 3.53. The smallest absolute Gasteiger partial charge is 0.226 e. The lowest BCUT2D eigenvalue weighted by atomic mass is 10.1. The number of carbonyl (C=O) groups excluding carboxylic acids is 1. The summed E-state index contributed by atoms with van der Waals surface area (Å²) in [5.74, 6) is 1.77. The Balaban J connectivity index is 1.64. The minimum atomic E-state index is 0.185. The van der Waals surface area contributed by atoms with E-state index in [0.717, 1.165) is 38.3 Å². The third-order valence-corrected chi connectivity index (χ3v) is 4.06. The van der Waals surface area contributed by atoms with E-state index in [2.05, 4.69) is 17.4 Å². The molecule has 1 saturated heterocycles. The summed E-state index contributed by atoms with van der Waals surface area (Å²) in [6, 6.07) is 8.09. The van der Waals surface area contributed by atoms with E-state index in [9.17, 15) is 4.79 Å². The van der Waals surface area contributed by atoms with E-state index in [0.29, 0.717) is 11.8 Å². The number of ether oxygens (including phenoxy) is 1. The highest BCUT2D eigenvalue weighted by Gasteiger charge is 2.45. The molecule has 19 heavy (non-hydrogen) atoms. The van der Waals surface area contributed by atoms with Gasteiger partial charge in [0.15, 0.2) is 0 Å². The van der Waals surface area contributed by atoms with Gasteiger partial charge in [0, 0.05) is 32.1 Å². The molecule has 0 bridgehead atoms. The van der Waals surface area contributed by atoms with Crippen molar-refractivity contribution in [3.8, 4) is 5.75 Å². The fourth-order valence-electron chi connectivity index (χ4n) is 2.83. The Hall–Kier alpha value is -1.55. The molecule has 0 aromatic heterocycles. The zero-order valence-corrected chi connectivity index (χ0v) is 11.3. The van der Waals surface area contributed by atoms with E-state index >= 15 is 0 Å². The van der Waals surface area contributed by atoms with Crippen LogP contribution in [-0.2, 0) is 4.79 Å². The fourth-order valence-corrected chi connectivity index (χ4v) is 2.83.